The van der Waals surface area contributed by atoms with Crippen molar-refractivity contribution in [2.75, 3.05) is 39.0 Å². The summed E-state index contributed by atoms with van der Waals surface area (Å²) < 4.78 is 7.45. The third kappa shape index (κ3) is 6.36. The first kappa shape index (κ1) is 23.3. The van der Waals surface area contributed by atoms with E-state index in [1.807, 2.05) is 54.6 Å². The van der Waals surface area contributed by atoms with Crippen LogP contribution in [0.3, 0.4) is 0 Å². The first-order valence-electron chi connectivity index (χ1n) is 11.5. The molecule has 2 heterocycles. The fourth-order valence-electron chi connectivity index (χ4n) is 3.97. The summed E-state index contributed by atoms with van der Waals surface area (Å²) >= 11 is 1.62. The standard InChI is InChI=1S/C25H31N5O2S/c1-32-22-12-7-9-20(19-22)24-27-28-25(30(24)21-10-3-2-4-11-21)33-18-8-13-23(31)26-14-17-29-15-5-6-16-29/h2-4,7,9-12,19H,5-6,8,13-18H2,1H3,(H,26,31). The summed E-state index contributed by atoms with van der Waals surface area (Å²) in [5.74, 6) is 2.46. The SMILES string of the molecule is COc1cccc(-c2nnc(SCCCC(=O)NCCN3CCCC3)n2-c2ccccc2)c1. The quantitative estimate of drug-likeness (QED) is 0.341. The summed E-state index contributed by atoms with van der Waals surface area (Å²) in [5.41, 5.74) is 1.94. The third-order valence-electron chi connectivity index (χ3n) is 5.70. The van der Waals surface area contributed by atoms with E-state index in [1.54, 1.807) is 18.9 Å². The van der Waals surface area contributed by atoms with Gasteiger partial charge in [-0.1, -0.05) is 42.1 Å². The van der Waals surface area contributed by atoms with Crippen molar-refractivity contribution in [3.8, 4) is 22.8 Å². The molecule has 4 rings (SSSR count). The summed E-state index contributed by atoms with van der Waals surface area (Å²) in [6.45, 7) is 4.00. The third-order valence-corrected chi connectivity index (χ3v) is 6.72. The number of para-hydroxylation sites is 1. The predicted octanol–water partition coefficient (Wildman–Crippen LogP) is 4.03. The maximum Gasteiger partial charge on any atom is 0.220 e. The average molecular weight is 466 g/mol. The molecule has 0 aliphatic carbocycles. The highest BCUT2D eigenvalue weighted by atomic mass is 32.2. The molecule has 1 fully saturated rings. The topological polar surface area (TPSA) is 72.3 Å². The van der Waals surface area contributed by atoms with Gasteiger partial charge in [0.2, 0.25) is 5.91 Å². The van der Waals surface area contributed by atoms with E-state index in [4.69, 9.17) is 4.74 Å². The molecule has 1 N–H and O–H groups in total. The number of thioether (sulfide) groups is 1. The van der Waals surface area contributed by atoms with Crippen molar-refractivity contribution in [3.05, 3.63) is 54.6 Å². The molecule has 1 aliphatic rings. The second-order valence-electron chi connectivity index (χ2n) is 8.06. The number of rotatable bonds is 11. The van der Waals surface area contributed by atoms with Gasteiger partial charge in [0.15, 0.2) is 11.0 Å². The van der Waals surface area contributed by atoms with Gasteiger partial charge in [-0.2, -0.15) is 0 Å². The normalized spacial score (nSPS) is 13.8. The van der Waals surface area contributed by atoms with E-state index in [0.717, 1.165) is 66.3 Å². The largest absolute Gasteiger partial charge is 0.497 e. The van der Waals surface area contributed by atoms with Gasteiger partial charge in [0.25, 0.3) is 0 Å². The second-order valence-corrected chi connectivity index (χ2v) is 9.12. The van der Waals surface area contributed by atoms with Crippen molar-refractivity contribution in [2.45, 2.75) is 30.8 Å². The zero-order valence-electron chi connectivity index (χ0n) is 19.1. The van der Waals surface area contributed by atoms with Crippen LogP contribution < -0.4 is 10.1 Å². The van der Waals surface area contributed by atoms with Gasteiger partial charge >= 0.3 is 0 Å². The lowest BCUT2D eigenvalue weighted by Gasteiger charge is -2.14. The van der Waals surface area contributed by atoms with Crippen LogP contribution in [0.5, 0.6) is 5.75 Å². The summed E-state index contributed by atoms with van der Waals surface area (Å²) in [6.07, 6.45) is 3.86. The fourth-order valence-corrected chi connectivity index (χ4v) is 4.86. The number of likely N-dealkylation sites (tertiary alicyclic amines) is 1. The molecule has 33 heavy (non-hydrogen) atoms. The van der Waals surface area contributed by atoms with Gasteiger partial charge < -0.3 is 15.0 Å². The number of carbonyl (C=O) groups is 1. The Morgan fingerprint density at radius 2 is 1.91 bits per heavy atom. The average Bonchev–Trinajstić information content (AvgIpc) is 3.52. The maximum atomic E-state index is 12.2. The Morgan fingerprint density at radius 3 is 2.70 bits per heavy atom. The maximum absolute atomic E-state index is 12.2. The van der Waals surface area contributed by atoms with Crippen molar-refractivity contribution in [1.82, 2.24) is 25.0 Å². The monoisotopic (exact) mass is 465 g/mol. The van der Waals surface area contributed by atoms with Crippen molar-refractivity contribution >= 4 is 17.7 Å². The van der Waals surface area contributed by atoms with Gasteiger partial charge in [-0.25, -0.2) is 0 Å². The number of nitrogens with zero attached hydrogens (tertiary/aromatic N) is 4. The lowest BCUT2D eigenvalue weighted by Crippen LogP contribution is -2.33. The molecule has 3 aromatic rings. The van der Waals surface area contributed by atoms with Crippen LogP contribution in [0, 0.1) is 0 Å². The van der Waals surface area contributed by atoms with Gasteiger partial charge in [0, 0.05) is 36.5 Å². The second kappa shape index (κ2) is 11.9. The van der Waals surface area contributed by atoms with Gasteiger partial charge in [-0.05, 0) is 56.6 Å². The first-order chi connectivity index (χ1) is 16.2. The lowest BCUT2D eigenvalue weighted by molar-refractivity contribution is -0.121. The van der Waals surface area contributed by atoms with E-state index in [0.29, 0.717) is 6.42 Å². The molecule has 0 unspecified atom stereocenters. The van der Waals surface area contributed by atoms with Crippen LogP contribution in [0.1, 0.15) is 25.7 Å². The minimum atomic E-state index is 0.122. The number of carbonyl (C=O) groups excluding carboxylic acids is 1. The number of ether oxygens (including phenoxy) is 1. The minimum Gasteiger partial charge on any atom is -0.497 e. The van der Waals surface area contributed by atoms with Crippen molar-refractivity contribution < 1.29 is 9.53 Å². The molecule has 0 radical (unpaired) electrons. The first-order valence-corrected chi connectivity index (χ1v) is 12.5. The molecule has 7 nitrogen and oxygen atoms in total. The van der Waals surface area contributed by atoms with E-state index in [1.165, 1.54) is 12.8 Å². The molecule has 174 valence electrons. The summed E-state index contributed by atoms with van der Waals surface area (Å²) in [6, 6.07) is 17.9. The molecule has 0 saturated carbocycles. The molecule has 8 heteroatoms. The Labute approximate surface area is 199 Å². The van der Waals surface area contributed by atoms with Gasteiger partial charge in [0.1, 0.15) is 5.75 Å². The van der Waals surface area contributed by atoms with Crippen molar-refractivity contribution in [1.29, 1.82) is 0 Å². The van der Waals surface area contributed by atoms with Crippen LogP contribution in [0.25, 0.3) is 17.1 Å². The Hall–Kier alpha value is -2.84. The fraction of sp³-hybridized carbons (Fsp3) is 0.400. The van der Waals surface area contributed by atoms with E-state index in [2.05, 4.69) is 25.0 Å². The van der Waals surface area contributed by atoms with Crippen LogP contribution in [0.2, 0.25) is 0 Å². The molecule has 0 bridgehead atoms. The van der Waals surface area contributed by atoms with Crippen LogP contribution >= 0.6 is 11.8 Å². The number of hydrogen-bond acceptors (Lipinski definition) is 6. The smallest absolute Gasteiger partial charge is 0.220 e. The highest BCUT2D eigenvalue weighted by Crippen LogP contribution is 2.30. The van der Waals surface area contributed by atoms with Gasteiger partial charge in [0.05, 0.1) is 7.11 Å². The summed E-state index contributed by atoms with van der Waals surface area (Å²) in [4.78, 5) is 14.6. The highest BCUT2D eigenvalue weighted by Gasteiger charge is 2.17. The van der Waals surface area contributed by atoms with Crippen molar-refractivity contribution in [3.63, 3.8) is 0 Å². The Balaban J connectivity index is 1.36. The predicted molar refractivity (Wildman–Crippen MR) is 132 cm³/mol. The Morgan fingerprint density at radius 1 is 1.09 bits per heavy atom. The zero-order valence-corrected chi connectivity index (χ0v) is 19.9. The number of amides is 1. The molecule has 1 amide bonds. The molecule has 1 saturated heterocycles. The van der Waals surface area contributed by atoms with E-state index in [-0.39, 0.29) is 5.91 Å². The molecule has 2 aromatic carbocycles. The van der Waals surface area contributed by atoms with E-state index >= 15 is 0 Å². The van der Waals surface area contributed by atoms with Crippen LogP contribution in [0.4, 0.5) is 0 Å². The number of nitrogens with one attached hydrogen (secondary N) is 1. The zero-order chi connectivity index (χ0) is 22.9. The lowest BCUT2D eigenvalue weighted by atomic mass is 10.2. The number of hydrogen-bond donors (Lipinski definition) is 1. The number of aromatic nitrogens is 3. The number of benzene rings is 2. The molecule has 1 aromatic heterocycles. The van der Waals surface area contributed by atoms with Gasteiger partial charge in [-0.3, -0.25) is 9.36 Å². The molecule has 0 spiro atoms. The summed E-state index contributed by atoms with van der Waals surface area (Å²) in [5, 5.41) is 12.8. The van der Waals surface area contributed by atoms with E-state index in [9.17, 15) is 4.79 Å². The van der Waals surface area contributed by atoms with E-state index < -0.39 is 0 Å². The van der Waals surface area contributed by atoms with Crippen molar-refractivity contribution in [2.24, 2.45) is 0 Å². The number of methoxy groups -OCH3 is 1. The molecular formula is C25H31N5O2S. The summed E-state index contributed by atoms with van der Waals surface area (Å²) in [7, 11) is 1.66. The van der Waals surface area contributed by atoms with Crippen LogP contribution in [-0.2, 0) is 4.79 Å². The van der Waals surface area contributed by atoms with Crippen LogP contribution in [0.15, 0.2) is 59.8 Å². The molecular weight excluding hydrogens is 434 g/mol. The Bertz CT molecular complexity index is 1030. The molecule has 1 aliphatic heterocycles. The Kier molecular flexibility index (Phi) is 8.38. The van der Waals surface area contributed by atoms with Gasteiger partial charge in [-0.15, -0.1) is 10.2 Å². The highest BCUT2D eigenvalue weighted by molar-refractivity contribution is 7.99. The minimum absolute atomic E-state index is 0.122. The van der Waals surface area contributed by atoms with Crippen LogP contribution in [-0.4, -0.2) is 64.6 Å². The molecule has 0 atom stereocenters.